The Morgan fingerprint density at radius 1 is 0.967 bits per heavy atom. The number of sulfonamides is 1. The van der Waals surface area contributed by atoms with E-state index in [1.807, 2.05) is 43.3 Å². The molecule has 0 aromatic heterocycles. The van der Waals surface area contributed by atoms with E-state index in [1.165, 1.54) is 18.2 Å². The number of aryl methyl sites for hydroxylation is 1. The van der Waals surface area contributed by atoms with Crippen LogP contribution in [0, 0.1) is 17.0 Å². The summed E-state index contributed by atoms with van der Waals surface area (Å²) in [6, 6.07) is 22.0. The van der Waals surface area contributed by atoms with Crippen LogP contribution < -0.4 is 0 Å². The quantitative estimate of drug-likeness (QED) is 0.375. The molecule has 0 amide bonds. The fourth-order valence-corrected chi connectivity index (χ4v) is 6.09. The van der Waals surface area contributed by atoms with E-state index < -0.39 is 25.6 Å². The molecule has 8 heteroatoms. The lowest BCUT2D eigenvalue weighted by Gasteiger charge is -2.08. The summed E-state index contributed by atoms with van der Waals surface area (Å²) in [7, 11) is -5.24. The second-order valence-corrected chi connectivity index (χ2v) is 9.95. The minimum atomic E-state index is -3.98. The number of nitro groups is 1. The molecule has 3 aromatic carbocycles. The van der Waals surface area contributed by atoms with Crippen molar-refractivity contribution in [1.29, 1.82) is 0 Å². The van der Waals surface area contributed by atoms with Gasteiger partial charge in [-0.2, -0.15) is 8.42 Å². The maximum Gasteiger partial charge on any atom is 0.288 e. The molecule has 154 valence electrons. The lowest BCUT2D eigenvalue weighted by molar-refractivity contribution is -0.387. The first-order valence-electron chi connectivity index (χ1n) is 9.07. The van der Waals surface area contributed by atoms with Crippen LogP contribution in [-0.4, -0.2) is 19.1 Å². The Balaban J connectivity index is 2.05. The number of hydrogen-bond acceptors (Lipinski definition) is 4. The summed E-state index contributed by atoms with van der Waals surface area (Å²) in [6.07, 6.45) is 3.64. The molecule has 0 radical (unpaired) electrons. The molecule has 3 aromatic rings. The fourth-order valence-electron chi connectivity index (χ4n) is 2.68. The predicted octanol–water partition coefficient (Wildman–Crippen LogP) is 5.17. The Hall–Kier alpha value is -3.10. The van der Waals surface area contributed by atoms with Crippen molar-refractivity contribution in [1.82, 2.24) is 0 Å². The van der Waals surface area contributed by atoms with Crippen molar-refractivity contribution in [2.75, 3.05) is 5.75 Å². The van der Waals surface area contributed by atoms with Crippen molar-refractivity contribution in [2.45, 2.75) is 16.7 Å². The number of para-hydroxylation sites is 1. The van der Waals surface area contributed by atoms with Gasteiger partial charge in [0.1, 0.15) is 0 Å². The normalized spacial score (nSPS) is 12.8. The zero-order chi connectivity index (χ0) is 21.6. The predicted molar refractivity (Wildman–Crippen MR) is 120 cm³/mol. The molecule has 6 nitrogen and oxygen atoms in total. The van der Waals surface area contributed by atoms with Gasteiger partial charge in [0, 0.05) is 11.8 Å². The summed E-state index contributed by atoms with van der Waals surface area (Å²) in [5.41, 5.74) is 1.74. The average Bonchev–Trinajstić information content (AvgIpc) is 2.74. The van der Waals surface area contributed by atoms with E-state index in [-0.39, 0.29) is 21.2 Å². The van der Waals surface area contributed by atoms with E-state index in [9.17, 15) is 18.5 Å². The van der Waals surface area contributed by atoms with Gasteiger partial charge in [-0.1, -0.05) is 72.3 Å². The van der Waals surface area contributed by atoms with Gasteiger partial charge in [0.05, 0.1) is 14.7 Å². The Morgan fingerprint density at radius 2 is 1.60 bits per heavy atom. The molecule has 0 aliphatic rings. The van der Waals surface area contributed by atoms with Crippen molar-refractivity contribution in [3.63, 3.8) is 0 Å². The largest absolute Gasteiger partial charge is 0.288 e. The highest BCUT2D eigenvalue weighted by Gasteiger charge is 2.20. The third-order valence-electron chi connectivity index (χ3n) is 4.19. The highest BCUT2D eigenvalue weighted by molar-refractivity contribution is 8.00. The second kappa shape index (κ2) is 9.60. The summed E-state index contributed by atoms with van der Waals surface area (Å²) in [6.45, 7) is 1.86. The van der Waals surface area contributed by atoms with Crippen LogP contribution in [0.4, 0.5) is 5.69 Å². The molecule has 1 atom stereocenters. The molecule has 0 saturated heterocycles. The summed E-state index contributed by atoms with van der Waals surface area (Å²) < 4.78 is 29.9. The van der Waals surface area contributed by atoms with E-state index in [1.54, 1.807) is 36.4 Å². The van der Waals surface area contributed by atoms with Crippen molar-refractivity contribution in [2.24, 2.45) is 3.77 Å². The highest BCUT2D eigenvalue weighted by Crippen LogP contribution is 2.25. The monoisotopic (exact) mass is 440 g/mol. The van der Waals surface area contributed by atoms with Crippen LogP contribution in [0.15, 0.2) is 98.5 Å². The van der Waals surface area contributed by atoms with Gasteiger partial charge in [-0.15, -0.1) is 3.77 Å². The van der Waals surface area contributed by atoms with Gasteiger partial charge in [0.25, 0.3) is 15.7 Å². The van der Waals surface area contributed by atoms with E-state index >= 15 is 0 Å². The second-order valence-electron chi connectivity index (χ2n) is 6.43. The maximum atomic E-state index is 12.9. The van der Waals surface area contributed by atoms with E-state index in [0.29, 0.717) is 0 Å². The third kappa shape index (κ3) is 5.49. The minimum Gasteiger partial charge on any atom is -0.258 e. The van der Waals surface area contributed by atoms with Crippen molar-refractivity contribution < 1.29 is 13.3 Å². The molecule has 0 spiro atoms. The molecule has 0 saturated carbocycles. The summed E-state index contributed by atoms with van der Waals surface area (Å²) >= 11 is 0. The Bertz CT molecular complexity index is 1200. The third-order valence-corrected chi connectivity index (χ3v) is 7.92. The van der Waals surface area contributed by atoms with E-state index in [2.05, 4.69) is 3.77 Å². The summed E-state index contributed by atoms with van der Waals surface area (Å²) in [4.78, 5) is 11.3. The first-order chi connectivity index (χ1) is 14.4. The summed E-state index contributed by atoms with van der Waals surface area (Å²) in [5.74, 6) is 0.227. The van der Waals surface area contributed by atoms with Gasteiger partial charge in [0.2, 0.25) is 0 Å². The minimum absolute atomic E-state index is 0.0659. The number of nitrogens with zero attached hydrogens (tertiary/aromatic N) is 2. The maximum absolute atomic E-state index is 12.9. The van der Waals surface area contributed by atoms with Crippen molar-refractivity contribution in [3.8, 4) is 0 Å². The zero-order valence-corrected chi connectivity index (χ0v) is 17.8. The molecule has 0 N–H and O–H groups in total. The van der Waals surface area contributed by atoms with Crippen LogP contribution in [-0.2, 0) is 20.7 Å². The first kappa shape index (κ1) is 21.6. The first-order valence-corrected chi connectivity index (χ1v) is 11.9. The van der Waals surface area contributed by atoms with Crippen molar-refractivity contribution in [3.05, 3.63) is 106 Å². The van der Waals surface area contributed by atoms with Crippen LogP contribution >= 0.6 is 0 Å². The Labute approximate surface area is 178 Å². The van der Waals surface area contributed by atoms with Gasteiger partial charge < -0.3 is 0 Å². The average molecular weight is 441 g/mol. The van der Waals surface area contributed by atoms with E-state index in [4.69, 9.17) is 0 Å². The van der Waals surface area contributed by atoms with Gasteiger partial charge >= 0.3 is 0 Å². The van der Waals surface area contributed by atoms with Crippen LogP contribution in [0.25, 0.3) is 6.08 Å². The van der Waals surface area contributed by atoms with Crippen LogP contribution in [0.3, 0.4) is 0 Å². The molecule has 0 aliphatic heterocycles. The van der Waals surface area contributed by atoms with Crippen LogP contribution in [0.1, 0.15) is 11.1 Å². The van der Waals surface area contributed by atoms with E-state index in [0.717, 1.165) is 11.1 Å². The van der Waals surface area contributed by atoms with Gasteiger partial charge in [0.15, 0.2) is 0 Å². The zero-order valence-electron chi connectivity index (χ0n) is 16.2. The van der Waals surface area contributed by atoms with Gasteiger partial charge in [-0.3, -0.25) is 10.1 Å². The highest BCUT2D eigenvalue weighted by atomic mass is 32.3. The molecule has 0 fully saturated rings. The molecule has 0 aliphatic carbocycles. The van der Waals surface area contributed by atoms with Gasteiger partial charge in [-0.05, 0) is 41.4 Å². The van der Waals surface area contributed by atoms with Gasteiger partial charge in [-0.25, -0.2) is 0 Å². The molecule has 0 bridgehead atoms. The molecule has 3 rings (SSSR count). The summed E-state index contributed by atoms with van der Waals surface area (Å²) in [5, 5.41) is 11.5. The molecule has 30 heavy (non-hydrogen) atoms. The molecule has 1 unspecified atom stereocenters. The SMILES string of the molecule is Cc1ccc(S(=O)(=O)/N=S(/C/C=C/c2ccccc2)c2ccccc2[N+](=O)[O-])cc1. The molecular formula is C22H20N2O4S2. The van der Waals surface area contributed by atoms with Crippen molar-refractivity contribution >= 4 is 32.5 Å². The van der Waals surface area contributed by atoms with Crippen LogP contribution in [0.5, 0.6) is 0 Å². The standard InChI is InChI=1S/C22H20N2O4S2/c1-18-13-15-20(16-14-18)30(27,28)23-29(17-7-10-19-8-3-2-4-9-19)22-12-6-5-11-21(22)24(25)26/h2-16H,17H2,1H3/b10-7+. The van der Waals surface area contributed by atoms with Crippen LogP contribution in [0.2, 0.25) is 0 Å². The lowest BCUT2D eigenvalue weighted by Crippen LogP contribution is -2.05. The molecule has 0 heterocycles. The number of nitro benzene ring substituents is 1. The number of rotatable bonds is 7. The number of benzene rings is 3. The molecular weight excluding hydrogens is 420 g/mol. The Morgan fingerprint density at radius 3 is 2.27 bits per heavy atom. The smallest absolute Gasteiger partial charge is 0.258 e. The lowest BCUT2D eigenvalue weighted by atomic mass is 10.2. The topological polar surface area (TPSA) is 89.6 Å². The number of hydrogen-bond donors (Lipinski definition) is 0. The fraction of sp³-hybridized carbons (Fsp3) is 0.0909. The Kier molecular flexibility index (Phi) is 6.91.